The molecule has 2 aliphatic rings. The molecule has 0 radical (unpaired) electrons. The number of hydrogen-bond donors (Lipinski definition) is 1. The third-order valence-corrected chi connectivity index (χ3v) is 6.08. The van der Waals surface area contributed by atoms with Gasteiger partial charge in [-0.2, -0.15) is 13.5 Å². The van der Waals surface area contributed by atoms with E-state index in [1.807, 2.05) is 0 Å². The van der Waals surface area contributed by atoms with Crippen molar-refractivity contribution in [3.63, 3.8) is 0 Å². The van der Waals surface area contributed by atoms with Crippen LogP contribution in [-0.2, 0) is 19.2 Å². The van der Waals surface area contributed by atoms with Gasteiger partial charge in [0, 0.05) is 6.54 Å². The van der Waals surface area contributed by atoms with Crippen LogP contribution >= 0.6 is 11.3 Å². The van der Waals surface area contributed by atoms with Crippen molar-refractivity contribution in [1.82, 2.24) is 9.96 Å². The molecule has 2 aliphatic heterocycles. The van der Waals surface area contributed by atoms with Gasteiger partial charge in [-0.1, -0.05) is 6.07 Å². The molecule has 2 fully saturated rings. The zero-order valence-electron chi connectivity index (χ0n) is 10.7. The summed E-state index contributed by atoms with van der Waals surface area (Å²) in [6.45, 7) is 0.162. The molecule has 2 saturated heterocycles. The van der Waals surface area contributed by atoms with Crippen molar-refractivity contribution >= 4 is 33.5 Å². The molecule has 0 aliphatic carbocycles. The fourth-order valence-electron chi connectivity index (χ4n) is 2.53. The summed E-state index contributed by atoms with van der Waals surface area (Å²) in [7, 11) is -4.06. The zero-order chi connectivity index (χ0) is 15.2. The number of nitrogens with zero attached hydrogens (tertiary/aromatic N) is 2. The van der Waals surface area contributed by atoms with Gasteiger partial charge < -0.3 is 10.0 Å². The molecule has 0 spiro atoms. The van der Waals surface area contributed by atoms with Gasteiger partial charge in [0.2, 0.25) is 0 Å². The van der Waals surface area contributed by atoms with Crippen LogP contribution in [0.25, 0.3) is 0 Å². The lowest BCUT2D eigenvalue weighted by Gasteiger charge is -2.26. The number of carboxylic acids is 1. The van der Waals surface area contributed by atoms with Gasteiger partial charge in [0.1, 0.15) is 10.3 Å². The maximum absolute atomic E-state index is 12.2. The van der Waals surface area contributed by atoms with Gasteiger partial charge in [-0.3, -0.25) is 0 Å². The minimum atomic E-state index is -4.06. The van der Waals surface area contributed by atoms with Crippen LogP contribution < -0.4 is 0 Å². The van der Waals surface area contributed by atoms with Crippen molar-refractivity contribution in [2.75, 3.05) is 6.54 Å². The number of carbonyl (C=O) groups is 2. The lowest BCUT2D eigenvalue weighted by molar-refractivity contribution is -0.142. The lowest BCUT2D eigenvalue weighted by atomic mass is 10.0. The van der Waals surface area contributed by atoms with Crippen molar-refractivity contribution in [2.24, 2.45) is 0 Å². The number of carbonyl (C=O) groups excluding carboxylic acids is 1. The average Bonchev–Trinajstić information content (AvgIpc) is 3.04. The Hall–Kier alpha value is -1.65. The highest BCUT2D eigenvalue weighted by Crippen LogP contribution is 2.32. The molecule has 0 saturated carbocycles. The summed E-state index contributed by atoms with van der Waals surface area (Å²) in [4.78, 5) is 24.4. The second-order valence-electron chi connectivity index (χ2n) is 4.81. The normalized spacial score (nSPS) is 25.4. The van der Waals surface area contributed by atoms with Crippen LogP contribution in [0.3, 0.4) is 0 Å². The Morgan fingerprint density at radius 3 is 2.81 bits per heavy atom. The number of hydroxylamine groups is 2. The number of aliphatic carboxylic acids is 1. The van der Waals surface area contributed by atoms with E-state index in [0.29, 0.717) is 6.42 Å². The van der Waals surface area contributed by atoms with Gasteiger partial charge in [-0.15, -0.1) is 15.6 Å². The van der Waals surface area contributed by atoms with E-state index < -0.39 is 34.2 Å². The molecule has 10 heteroatoms. The molecule has 1 aromatic heterocycles. The summed E-state index contributed by atoms with van der Waals surface area (Å²) in [6, 6.07) is 0.863. The summed E-state index contributed by atoms with van der Waals surface area (Å²) < 4.78 is 29.0. The van der Waals surface area contributed by atoms with E-state index in [-0.39, 0.29) is 17.2 Å². The first-order valence-electron chi connectivity index (χ1n) is 6.21. The Morgan fingerprint density at radius 2 is 2.19 bits per heavy atom. The maximum atomic E-state index is 12.2. The molecule has 1 N–H and O–H groups in total. The highest BCUT2D eigenvalue weighted by molar-refractivity contribution is 7.88. The number of urea groups is 1. The van der Waals surface area contributed by atoms with E-state index in [2.05, 4.69) is 0 Å². The van der Waals surface area contributed by atoms with Gasteiger partial charge in [0.25, 0.3) is 0 Å². The third-order valence-electron chi connectivity index (χ3n) is 3.53. The SMILES string of the molecule is O=C(O)C1CCC2CN1C(=O)N2OS(=O)(=O)c1cccs1. The monoisotopic (exact) mass is 332 g/mol. The number of amides is 2. The number of piperidine rings is 1. The standard InChI is InChI=1S/C11H12N2O6S2/c14-10(15)8-4-3-7-6-12(8)11(16)13(7)19-21(17,18)9-2-1-5-20-9/h1-2,5,7-8H,3-4,6H2,(H,14,15). The number of hydrogen-bond acceptors (Lipinski definition) is 6. The van der Waals surface area contributed by atoms with Crippen molar-refractivity contribution in [3.8, 4) is 0 Å². The van der Waals surface area contributed by atoms with E-state index in [0.717, 1.165) is 21.3 Å². The van der Waals surface area contributed by atoms with Crippen LogP contribution in [0.15, 0.2) is 21.7 Å². The molecule has 2 amide bonds. The average molecular weight is 332 g/mol. The molecule has 2 unspecified atom stereocenters. The van der Waals surface area contributed by atoms with Crippen molar-refractivity contribution in [3.05, 3.63) is 17.5 Å². The molecule has 114 valence electrons. The first kappa shape index (κ1) is 14.3. The van der Waals surface area contributed by atoms with Crippen molar-refractivity contribution < 1.29 is 27.4 Å². The zero-order valence-corrected chi connectivity index (χ0v) is 12.3. The Balaban J connectivity index is 1.82. The van der Waals surface area contributed by atoms with Crippen LogP contribution in [0.5, 0.6) is 0 Å². The largest absolute Gasteiger partial charge is 0.480 e. The van der Waals surface area contributed by atoms with Crippen LogP contribution in [-0.4, -0.2) is 54.1 Å². The lowest BCUT2D eigenvalue weighted by Crippen LogP contribution is -2.44. The number of fused-ring (bicyclic) bond motifs is 2. The highest BCUT2D eigenvalue weighted by atomic mass is 32.3. The van der Waals surface area contributed by atoms with Crippen LogP contribution in [0.2, 0.25) is 0 Å². The molecule has 2 atom stereocenters. The Kier molecular flexibility index (Phi) is 3.38. The molecular weight excluding hydrogens is 320 g/mol. The minimum Gasteiger partial charge on any atom is -0.480 e. The van der Waals surface area contributed by atoms with E-state index in [4.69, 9.17) is 9.39 Å². The van der Waals surface area contributed by atoms with Gasteiger partial charge in [0.05, 0.1) is 6.04 Å². The second-order valence-corrected chi connectivity index (χ2v) is 7.51. The van der Waals surface area contributed by atoms with Gasteiger partial charge in [-0.25, -0.2) is 9.59 Å². The van der Waals surface area contributed by atoms with Crippen LogP contribution in [0, 0.1) is 0 Å². The summed E-state index contributed by atoms with van der Waals surface area (Å²) >= 11 is 0.987. The summed E-state index contributed by atoms with van der Waals surface area (Å²) in [6.07, 6.45) is 0.670. The van der Waals surface area contributed by atoms with Gasteiger partial charge >= 0.3 is 22.1 Å². The molecule has 21 heavy (non-hydrogen) atoms. The number of rotatable bonds is 4. The fraction of sp³-hybridized carbons (Fsp3) is 0.455. The molecular formula is C11H12N2O6S2. The predicted octanol–water partition coefficient (Wildman–Crippen LogP) is 0.722. The molecule has 8 nitrogen and oxygen atoms in total. The Bertz CT molecular complexity index is 671. The summed E-state index contributed by atoms with van der Waals surface area (Å²) in [5, 5.41) is 11.5. The van der Waals surface area contributed by atoms with E-state index >= 15 is 0 Å². The van der Waals surface area contributed by atoms with E-state index in [1.54, 1.807) is 11.4 Å². The topological polar surface area (TPSA) is 104 Å². The van der Waals surface area contributed by atoms with Crippen LogP contribution in [0.4, 0.5) is 4.79 Å². The molecule has 2 bridgehead atoms. The van der Waals surface area contributed by atoms with Gasteiger partial charge in [0.15, 0.2) is 0 Å². The molecule has 1 aromatic rings. The van der Waals surface area contributed by atoms with Crippen LogP contribution in [0.1, 0.15) is 12.8 Å². The maximum Gasteiger partial charge on any atom is 0.346 e. The van der Waals surface area contributed by atoms with Crippen molar-refractivity contribution in [1.29, 1.82) is 0 Å². The minimum absolute atomic E-state index is 0.00142. The summed E-state index contributed by atoms with van der Waals surface area (Å²) in [5.41, 5.74) is 0. The quantitative estimate of drug-likeness (QED) is 0.871. The van der Waals surface area contributed by atoms with E-state index in [1.165, 1.54) is 6.07 Å². The fourth-order valence-corrected chi connectivity index (χ4v) is 4.43. The first-order valence-corrected chi connectivity index (χ1v) is 8.49. The first-order chi connectivity index (χ1) is 9.90. The molecule has 0 aromatic carbocycles. The Labute approximate surface area is 124 Å². The predicted molar refractivity (Wildman–Crippen MR) is 71.0 cm³/mol. The van der Waals surface area contributed by atoms with Gasteiger partial charge in [-0.05, 0) is 24.3 Å². The van der Waals surface area contributed by atoms with E-state index in [9.17, 15) is 18.0 Å². The smallest absolute Gasteiger partial charge is 0.346 e. The summed E-state index contributed by atoms with van der Waals surface area (Å²) in [5.74, 6) is -1.09. The number of carboxylic acid groups (broad SMARTS) is 1. The Morgan fingerprint density at radius 1 is 1.43 bits per heavy atom. The molecule has 3 heterocycles. The second kappa shape index (κ2) is 4.97. The van der Waals surface area contributed by atoms with Crippen molar-refractivity contribution in [2.45, 2.75) is 29.1 Å². The molecule has 3 rings (SSSR count). The highest BCUT2D eigenvalue weighted by Gasteiger charge is 2.49. The third kappa shape index (κ3) is 2.39. The number of thiophene rings is 1.